The third-order valence-electron chi connectivity index (χ3n) is 5.50. The Labute approximate surface area is 185 Å². The molecule has 2 aliphatic heterocycles. The molecule has 2 aromatic rings. The van der Waals surface area contributed by atoms with Crippen LogP contribution in [0.5, 0.6) is 0 Å². The Bertz CT molecular complexity index is 1030. The van der Waals surface area contributed by atoms with Crippen molar-refractivity contribution in [1.29, 1.82) is 0 Å². The van der Waals surface area contributed by atoms with Gasteiger partial charge in [0.1, 0.15) is 0 Å². The number of benzene rings is 1. The molecule has 8 nitrogen and oxygen atoms in total. The van der Waals surface area contributed by atoms with Gasteiger partial charge in [-0.05, 0) is 42.5 Å². The number of carbonyl (C=O) groups excluding carboxylic acids is 2. The number of nitrogens with zero attached hydrogens (tertiary/aromatic N) is 2. The number of thiophene rings is 1. The molecule has 2 fully saturated rings. The lowest BCUT2D eigenvalue weighted by atomic mass is 10.2. The number of nitrogens with one attached hydrogen (secondary N) is 1. The monoisotopic (exact) mass is 463 g/mol. The van der Waals surface area contributed by atoms with Gasteiger partial charge in [-0.15, -0.1) is 11.3 Å². The van der Waals surface area contributed by atoms with Crippen molar-refractivity contribution >= 4 is 33.2 Å². The quantitative estimate of drug-likeness (QED) is 0.705. The van der Waals surface area contributed by atoms with E-state index in [4.69, 9.17) is 4.74 Å². The fraction of sp³-hybridized carbons (Fsp3) is 0.429. The van der Waals surface area contributed by atoms with E-state index in [0.717, 1.165) is 12.8 Å². The highest BCUT2D eigenvalue weighted by atomic mass is 32.2. The lowest BCUT2D eigenvalue weighted by Crippen LogP contribution is -2.50. The molecular weight excluding hydrogens is 438 g/mol. The van der Waals surface area contributed by atoms with E-state index in [9.17, 15) is 18.0 Å². The van der Waals surface area contributed by atoms with Crippen molar-refractivity contribution in [2.45, 2.75) is 23.8 Å². The van der Waals surface area contributed by atoms with Gasteiger partial charge in [-0.25, -0.2) is 13.1 Å². The Balaban J connectivity index is 1.37. The predicted octanol–water partition coefficient (Wildman–Crippen LogP) is 1.80. The maximum Gasteiger partial charge on any atom is 0.264 e. The van der Waals surface area contributed by atoms with E-state index in [1.165, 1.54) is 23.5 Å². The first-order valence-electron chi connectivity index (χ1n) is 10.3. The Kier molecular flexibility index (Phi) is 6.71. The number of carbonyl (C=O) groups is 2. The molecule has 0 unspecified atom stereocenters. The van der Waals surface area contributed by atoms with E-state index in [2.05, 4.69) is 4.72 Å². The second-order valence-corrected chi connectivity index (χ2v) is 10.3. The molecule has 31 heavy (non-hydrogen) atoms. The molecule has 2 aliphatic rings. The second-order valence-electron chi connectivity index (χ2n) is 7.58. The third kappa shape index (κ3) is 5.15. The van der Waals surface area contributed by atoms with Gasteiger partial charge in [-0.3, -0.25) is 9.59 Å². The summed E-state index contributed by atoms with van der Waals surface area (Å²) in [4.78, 5) is 29.6. The highest BCUT2D eigenvalue weighted by molar-refractivity contribution is 7.89. The minimum absolute atomic E-state index is 0.0208. The molecule has 0 radical (unpaired) electrons. The minimum atomic E-state index is -3.73. The van der Waals surface area contributed by atoms with E-state index in [0.29, 0.717) is 43.2 Å². The van der Waals surface area contributed by atoms with Gasteiger partial charge in [0.25, 0.3) is 11.8 Å². The molecule has 166 valence electrons. The minimum Gasteiger partial charge on any atom is -0.377 e. The van der Waals surface area contributed by atoms with E-state index < -0.39 is 10.0 Å². The van der Waals surface area contributed by atoms with Crippen molar-refractivity contribution in [2.24, 2.45) is 0 Å². The lowest BCUT2D eigenvalue weighted by Gasteiger charge is -2.34. The Morgan fingerprint density at radius 3 is 2.45 bits per heavy atom. The van der Waals surface area contributed by atoms with Crippen LogP contribution in [0.15, 0.2) is 46.7 Å². The molecule has 0 bridgehead atoms. The number of rotatable bonds is 6. The van der Waals surface area contributed by atoms with Crippen LogP contribution in [-0.4, -0.2) is 75.5 Å². The first-order chi connectivity index (χ1) is 14.9. The van der Waals surface area contributed by atoms with Crippen LogP contribution in [0.25, 0.3) is 0 Å². The molecule has 1 atom stereocenters. The summed E-state index contributed by atoms with van der Waals surface area (Å²) in [6.45, 7) is 2.59. The fourth-order valence-electron chi connectivity index (χ4n) is 3.74. The van der Waals surface area contributed by atoms with Gasteiger partial charge < -0.3 is 14.5 Å². The van der Waals surface area contributed by atoms with Crippen molar-refractivity contribution in [3.05, 3.63) is 52.2 Å². The standard InChI is InChI=1S/C21H25N3O5S2/c25-20(23-8-10-24(11-9-23)21(26)19-7-3-13-30-19)16-4-1-6-18(14-16)31(27,28)22-15-17-5-2-12-29-17/h1,3-4,6-7,13-14,17,22H,2,5,8-12,15H2/t17-/m1/s1. The first-order valence-corrected chi connectivity index (χ1v) is 12.6. The van der Waals surface area contributed by atoms with E-state index in [1.54, 1.807) is 28.0 Å². The van der Waals surface area contributed by atoms with Crippen LogP contribution in [0.2, 0.25) is 0 Å². The summed E-state index contributed by atoms with van der Waals surface area (Å²) in [5, 5.41) is 1.86. The number of piperazine rings is 1. The van der Waals surface area contributed by atoms with Crippen LogP contribution in [0.1, 0.15) is 32.9 Å². The van der Waals surface area contributed by atoms with Crippen molar-refractivity contribution < 1.29 is 22.7 Å². The van der Waals surface area contributed by atoms with Crippen molar-refractivity contribution in [3.8, 4) is 0 Å². The zero-order chi connectivity index (χ0) is 21.8. The average Bonchev–Trinajstić information content (AvgIpc) is 3.51. The van der Waals surface area contributed by atoms with Crippen molar-refractivity contribution in [3.63, 3.8) is 0 Å². The Hall–Kier alpha value is -2.27. The number of amides is 2. The summed E-state index contributed by atoms with van der Waals surface area (Å²) < 4.78 is 33.3. The lowest BCUT2D eigenvalue weighted by molar-refractivity contribution is 0.0538. The van der Waals surface area contributed by atoms with E-state index >= 15 is 0 Å². The van der Waals surface area contributed by atoms with Crippen LogP contribution < -0.4 is 4.72 Å². The van der Waals surface area contributed by atoms with Gasteiger partial charge in [-0.2, -0.15) is 0 Å². The summed E-state index contributed by atoms with van der Waals surface area (Å²) in [5.74, 6) is -0.257. The summed E-state index contributed by atoms with van der Waals surface area (Å²) in [7, 11) is -3.73. The summed E-state index contributed by atoms with van der Waals surface area (Å²) in [5.41, 5.74) is 0.318. The van der Waals surface area contributed by atoms with Gasteiger partial charge in [0, 0.05) is 44.9 Å². The normalized spacial score (nSPS) is 19.5. The van der Waals surface area contributed by atoms with Crippen LogP contribution in [0.4, 0.5) is 0 Å². The Morgan fingerprint density at radius 1 is 1.06 bits per heavy atom. The fourth-order valence-corrected chi connectivity index (χ4v) is 5.54. The van der Waals surface area contributed by atoms with E-state index in [1.807, 2.05) is 11.4 Å². The number of ether oxygens (including phenoxy) is 1. The molecule has 4 rings (SSSR count). The van der Waals surface area contributed by atoms with Gasteiger partial charge in [-0.1, -0.05) is 12.1 Å². The average molecular weight is 464 g/mol. The van der Waals surface area contributed by atoms with Crippen LogP contribution in [-0.2, 0) is 14.8 Å². The Morgan fingerprint density at radius 2 is 1.81 bits per heavy atom. The maximum absolute atomic E-state index is 12.9. The maximum atomic E-state index is 12.9. The summed E-state index contributed by atoms with van der Waals surface area (Å²) >= 11 is 1.40. The van der Waals surface area contributed by atoms with Crippen molar-refractivity contribution in [1.82, 2.24) is 14.5 Å². The van der Waals surface area contributed by atoms with Gasteiger partial charge in [0.15, 0.2) is 0 Å². The van der Waals surface area contributed by atoms with Gasteiger partial charge in [0.05, 0.1) is 15.9 Å². The first kappa shape index (κ1) is 21.9. The summed E-state index contributed by atoms with van der Waals surface area (Å²) in [6.07, 6.45) is 1.66. The predicted molar refractivity (Wildman–Crippen MR) is 117 cm³/mol. The van der Waals surface area contributed by atoms with Gasteiger partial charge >= 0.3 is 0 Å². The SMILES string of the molecule is O=C(c1cccc(S(=O)(=O)NC[C@H]2CCCO2)c1)N1CCN(C(=O)c2cccs2)CC1. The largest absolute Gasteiger partial charge is 0.377 e. The van der Waals surface area contributed by atoms with Gasteiger partial charge in [0.2, 0.25) is 10.0 Å². The molecular formula is C21H25N3O5S2. The molecule has 1 aromatic carbocycles. The topological polar surface area (TPSA) is 96.0 Å². The van der Waals surface area contributed by atoms with Crippen LogP contribution in [0.3, 0.4) is 0 Å². The van der Waals surface area contributed by atoms with Crippen molar-refractivity contribution in [2.75, 3.05) is 39.3 Å². The molecule has 0 saturated carbocycles. The van der Waals surface area contributed by atoms with Crippen LogP contribution in [0, 0.1) is 0 Å². The van der Waals surface area contributed by atoms with E-state index in [-0.39, 0.29) is 29.4 Å². The number of hydrogen-bond donors (Lipinski definition) is 1. The molecule has 0 aliphatic carbocycles. The summed E-state index contributed by atoms with van der Waals surface area (Å²) in [6, 6.07) is 9.71. The molecule has 0 spiro atoms. The second kappa shape index (κ2) is 9.47. The van der Waals surface area contributed by atoms with Crippen LogP contribution >= 0.6 is 11.3 Å². The zero-order valence-corrected chi connectivity index (χ0v) is 18.7. The molecule has 1 N–H and O–H groups in total. The highest BCUT2D eigenvalue weighted by Gasteiger charge is 2.27. The zero-order valence-electron chi connectivity index (χ0n) is 17.0. The molecule has 2 amide bonds. The molecule has 10 heteroatoms. The molecule has 3 heterocycles. The smallest absolute Gasteiger partial charge is 0.264 e. The highest BCUT2D eigenvalue weighted by Crippen LogP contribution is 2.18. The molecule has 2 saturated heterocycles. The third-order valence-corrected chi connectivity index (χ3v) is 7.78. The number of sulfonamides is 1. The number of hydrogen-bond acceptors (Lipinski definition) is 6. The molecule has 1 aromatic heterocycles.